The molecule has 0 unspecified atom stereocenters. The van der Waals surface area contributed by atoms with Crippen molar-refractivity contribution in [2.24, 2.45) is 0 Å². The highest BCUT2D eigenvalue weighted by Gasteiger charge is 2.04. The molecule has 3 aromatic carbocycles. The Balaban J connectivity index is 1.59. The Kier molecular flexibility index (Phi) is 5.95. The third kappa shape index (κ3) is 5.21. The van der Waals surface area contributed by atoms with E-state index < -0.39 is 0 Å². The summed E-state index contributed by atoms with van der Waals surface area (Å²) in [5, 5.41) is 4.05. The van der Waals surface area contributed by atoms with Gasteiger partial charge in [-0.05, 0) is 75.6 Å². The SMILES string of the molecule is Fc1cccc(COc2ccc(CNc3ccc(Cl)cc3)cc2Br)c1. The molecule has 3 rings (SSSR count). The molecule has 0 aliphatic rings. The fourth-order valence-electron chi connectivity index (χ4n) is 2.33. The highest BCUT2D eigenvalue weighted by Crippen LogP contribution is 2.27. The summed E-state index contributed by atoms with van der Waals surface area (Å²) in [5.74, 6) is 0.461. The molecule has 128 valence electrons. The van der Waals surface area contributed by atoms with Gasteiger partial charge in [-0.2, -0.15) is 0 Å². The average Bonchev–Trinajstić information content (AvgIpc) is 2.60. The quantitative estimate of drug-likeness (QED) is 0.496. The third-order valence-corrected chi connectivity index (χ3v) is 4.49. The van der Waals surface area contributed by atoms with E-state index in [0.717, 1.165) is 27.0 Å². The van der Waals surface area contributed by atoms with Gasteiger partial charge in [0.15, 0.2) is 0 Å². The second kappa shape index (κ2) is 8.37. The van der Waals surface area contributed by atoms with E-state index in [1.165, 1.54) is 12.1 Å². The van der Waals surface area contributed by atoms with Crippen LogP contribution in [-0.2, 0) is 13.2 Å². The van der Waals surface area contributed by atoms with Gasteiger partial charge in [-0.25, -0.2) is 4.39 Å². The molecule has 0 amide bonds. The number of ether oxygens (including phenoxy) is 1. The van der Waals surface area contributed by atoms with Crippen molar-refractivity contribution >= 4 is 33.2 Å². The molecule has 0 aliphatic heterocycles. The lowest BCUT2D eigenvalue weighted by atomic mass is 10.2. The van der Waals surface area contributed by atoms with Crippen molar-refractivity contribution in [3.05, 3.63) is 93.2 Å². The molecule has 5 heteroatoms. The summed E-state index contributed by atoms with van der Waals surface area (Å²) in [4.78, 5) is 0. The second-order valence-electron chi connectivity index (χ2n) is 5.54. The van der Waals surface area contributed by atoms with Crippen LogP contribution in [0, 0.1) is 5.82 Å². The molecule has 3 aromatic rings. The zero-order valence-electron chi connectivity index (χ0n) is 13.3. The molecule has 0 atom stereocenters. The van der Waals surface area contributed by atoms with Crippen LogP contribution in [0.4, 0.5) is 10.1 Å². The van der Waals surface area contributed by atoms with Crippen LogP contribution in [0.3, 0.4) is 0 Å². The topological polar surface area (TPSA) is 21.3 Å². The maximum absolute atomic E-state index is 13.2. The number of hydrogen-bond donors (Lipinski definition) is 1. The van der Waals surface area contributed by atoms with Gasteiger partial charge in [-0.1, -0.05) is 29.8 Å². The maximum Gasteiger partial charge on any atom is 0.134 e. The van der Waals surface area contributed by atoms with Crippen molar-refractivity contribution in [1.82, 2.24) is 0 Å². The molecule has 0 aromatic heterocycles. The van der Waals surface area contributed by atoms with Crippen LogP contribution in [0.15, 0.2) is 71.2 Å². The van der Waals surface area contributed by atoms with E-state index in [4.69, 9.17) is 16.3 Å². The van der Waals surface area contributed by atoms with Crippen molar-refractivity contribution in [2.45, 2.75) is 13.2 Å². The summed E-state index contributed by atoms with van der Waals surface area (Å²) in [6, 6.07) is 19.9. The fourth-order valence-corrected chi connectivity index (χ4v) is 3.00. The molecule has 1 N–H and O–H groups in total. The number of nitrogens with one attached hydrogen (secondary N) is 1. The molecule has 0 radical (unpaired) electrons. The second-order valence-corrected chi connectivity index (χ2v) is 6.83. The molecule has 0 aliphatic carbocycles. The first-order valence-corrected chi connectivity index (χ1v) is 8.92. The van der Waals surface area contributed by atoms with E-state index in [2.05, 4.69) is 21.2 Å². The summed E-state index contributed by atoms with van der Waals surface area (Å²) < 4.78 is 19.8. The van der Waals surface area contributed by atoms with Gasteiger partial charge in [0.2, 0.25) is 0 Å². The van der Waals surface area contributed by atoms with Gasteiger partial charge in [0.1, 0.15) is 18.2 Å². The minimum atomic E-state index is -0.260. The highest BCUT2D eigenvalue weighted by atomic mass is 79.9. The first kappa shape index (κ1) is 17.8. The summed E-state index contributed by atoms with van der Waals surface area (Å²) in [6.07, 6.45) is 0. The minimum Gasteiger partial charge on any atom is -0.488 e. The summed E-state index contributed by atoms with van der Waals surface area (Å²) in [6.45, 7) is 1.00. The molecule has 0 bridgehead atoms. The van der Waals surface area contributed by atoms with Crippen LogP contribution >= 0.6 is 27.5 Å². The van der Waals surface area contributed by atoms with E-state index in [9.17, 15) is 4.39 Å². The number of benzene rings is 3. The summed E-state index contributed by atoms with van der Waals surface area (Å²) >= 11 is 9.41. The maximum atomic E-state index is 13.2. The van der Waals surface area contributed by atoms with Gasteiger partial charge in [0, 0.05) is 17.3 Å². The van der Waals surface area contributed by atoms with E-state index in [1.807, 2.05) is 48.5 Å². The van der Waals surface area contributed by atoms with E-state index in [1.54, 1.807) is 6.07 Å². The van der Waals surface area contributed by atoms with Crippen molar-refractivity contribution in [1.29, 1.82) is 0 Å². The van der Waals surface area contributed by atoms with Crippen LogP contribution < -0.4 is 10.1 Å². The lowest BCUT2D eigenvalue weighted by Crippen LogP contribution is -2.00. The Hall–Kier alpha value is -2.04. The number of hydrogen-bond acceptors (Lipinski definition) is 2. The first-order chi connectivity index (χ1) is 12.1. The van der Waals surface area contributed by atoms with Crippen LogP contribution in [-0.4, -0.2) is 0 Å². The van der Waals surface area contributed by atoms with Crippen LogP contribution in [0.5, 0.6) is 5.75 Å². The first-order valence-electron chi connectivity index (χ1n) is 7.75. The summed E-state index contributed by atoms with van der Waals surface area (Å²) in [7, 11) is 0. The van der Waals surface area contributed by atoms with Gasteiger partial charge in [-0.15, -0.1) is 0 Å². The third-order valence-electron chi connectivity index (χ3n) is 3.62. The largest absolute Gasteiger partial charge is 0.488 e. The highest BCUT2D eigenvalue weighted by molar-refractivity contribution is 9.10. The smallest absolute Gasteiger partial charge is 0.134 e. The average molecular weight is 421 g/mol. The predicted molar refractivity (Wildman–Crippen MR) is 104 cm³/mol. The van der Waals surface area contributed by atoms with Crippen LogP contribution in [0.1, 0.15) is 11.1 Å². The Morgan fingerprint density at radius 3 is 2.48 bits per heavy atom. The Morgan fingerprint density at radius 1 is 0.960 bits per heavy atom. The number of halogens is 3. The zero-order valence-corrected chi connectivity index (χ0v) is 15.6. The van der Waals surface area contributed by atoms with Crippen molar-refractivity contribution in [3.8, 4) is 5.75 Å². The van der Waals surface area contributed by atoms with Gasteiger partial charge in [0.25, 0.3) is 0 Å². The molecule has 25 heavy (non-hydrogen) atoms. The van der Waals surface area contributed by atoms with Gasteiger partial charge in [0.05, 0.1) is 4.47 Å². The van der Waals surface area contributed by atoms with Gasteiger partial charge >= 0.3 is 0 Å². The summed E-state index contributed by atoms with van der Waals surface area (Å²) in [5.41, 5.74) is 2.91. The predicted octanol–water partition coefficient (Wildman–Crippen LogP) is 6.43. The lowest BCUT2D eigenvalue weighted by Gasteiger charge is -2.11. The monoisotopic (exact) mass is 419 g/mol. The van der Waals surface area contributed by atoms with Crippen LogP contribution in [0.2, 0.25) is 5.02 Å². The fraction of sp³-hybridized carbons (Fsp3) is 0.100. The van der Waals surface area contributed by atoms with Crippen molar-refractivity contribution in [2.75, 3.05) is 5.32 Å². The molecule has 0 fully saturated rings. The van der Waals surface area contributed by atoms with E-state index in [0.29, 0.717) is 18.2 Å². The van der Waals surface area contributed by atoms with Crippen molar-refractivity contribution in [3.63, 3.8) is 0 Å². The van der Waals surface area contributed by atoms with Crippen molar-refractivity contribution < 1.29 is 9.13 Å². The minimum absolute atomic E-state index is 0.260. The molecule has 0 spiro atoms. The van der Waals surface area contributed by atoms with Crippen LogP contribution in [0.25, 0.3) is 0 Å². The molecular weight excluding hydrogens is 405 g/mol. The standard InChI is InChI=1S/C20H16BrClFNO/c21-19-11-14(12-24-18-7-5-16(22)6-8-18)4-9-20(19)25-13-15-2-1-3-17(23)10-15/h1-11,24H,12-13H2. The lowest BCUT2D eigenvalue weighted by molar-refractivity contribution is 0.303. The molecule has 0 saturated heterocycles. The normalized spacial score (nSPS) is 10.5. The number of rotatable bonds is 6. The molecular formula is C20H16BrClFNO. The van der Waals surface area contributed by atoms with Gasteiger partial charge < -0.3 is 10.1 Å². The number of anilines is 1. The molecule has 0 heterocycles. The van der Waals surface area contributed by atoms with E-state index in [-0.39, 0.29) is 5.82 Å². The van der Waals surface area contributed by atoms with E-state index >= 15 is 0 Å². The Labute approximate surface area is 159 Å². The Bertz CT molecular complexity index is 855. The Morgan fingerprint density at radius 2 is 1.76 bits per heavy atom. The zero-order chi connectivity index (χ0) is 17.6. The molecule has 2 nitrogen and oxygen atoms in total. The molecule has 0 saturated carbocycles. The van der Waals surface area contributed by atoms with Gasteiger partial charge in [-0.3, -0.25) is 0 Å².